The number of amides is 2. The molecule has 0 bridgehead atoms. The largest absolute Gasteiger partial charge is 0.331 e. The molecular weight excluding hydrogens is 430 g/mol. The molecule has 0 radical (unpaired) electrons. The molecule has 0 saturated carbocycles. The highest BCUT2D eigenvalue weighted by atomic mass is 32.2. The maximum atomic E-state index is 13.5. The van der Waals surface area contributed by atoms with E-state index in [1.165, 1.54) is 12.8 Å². The van der Waals surface area contributed by atoms with Crippen LogP contribution in [0.25, 0.3) is 0 Å². The van der Waals surface area contributed by atoms with Crippen LogP contribution in [0, 0.1) is 17.8 Å². The minimum absolute atomic E-state index is 0.0732. The molecule has 2 amide bonds. The molecule has 1 aromatic rings. The fourth-order valence-corrected chi connectivity index (χ4v) is 6.80. The maximum absolute atomic E-state index is 13.5. The lowest BCUT2D eigenvalue weighted by Gasteiger charge is -2.29. The summed E-state index contributed by atoms with van der Waals surface area (Å²) in [6, 6.07) is 0.912. The third kappa shape index (κ3) is 4.07. The van der Waals surface area contributed by atoms with Crippen molar-refractivity contribution in [2.75, 3.05) is 25.9 Å². The zero-order chi connectivity index (χ0) is 23.4. The van der Waals surface area contributed by atoms with Crippen molar-refractivity contribution >= 4 is 21.8 Å². The Morgan fingerprint density at radius 2 is 1.84 bits per heavy atom. The second kappa shape index (κ2) is 8.44. The number of rotatable bonds is 5. The summed E-state index contributed by atoms with van der Waals surface area (Å²) in [4.78, 5) is 30.6. The Hall–Kier alpha value is -1.94. The number of likely N-dealkylation sites (tertiary alicyclic amines) is 2. The van der Waals surface area contributed by atoms with E-state index < -0.39 is 33.9 Å². The van der Waals surface area contributed by atoms with Crippen molar-refractivity contribution in [3.05, 3.63) is 17.5 Å². The van der Waals surface area contributed by atoms with Crippen molar-refractivity contribution in [1.29, 1.82) is 0 Å². The van der Waals surface area contributed by atoms with Crippen molar-refractivity contribution in [3.8, 4) is 0 Å². The van der Waals surface area contributed by atoms with Gasteiger partial charge < -0.3 is 4.90 Å². The van der Waals surface area contributed by atoms with Crippen molar-refractivity contribution < 1.29 is 18.0 Å². The molecule has 0 spiro atoms. The number of piperidine rings is 1. The number of fused-ring (bicyclic) bond motifs is 1. The standard InChI is InChI=1S/C22H35N5O4S/c1-14(2)19-20-18(27(22(19)29)32(5,30)31)8-11-26(20)21(28)17-12-16(24(4)23-17)13-25-9-6-15(3)7-10-25/h12,14-15,18-20H,6-11,13H2,1-5H3/t18-,19+,20-/m0/s1. The van der Waals surface area contributed by atoms with E-state index in [0.717, 1.165) is 41.8 Å². The molecule has 1 aromatic heterocycles. The van der Waals surface area contributed by atoms with Crippen LogP contribution >= 0.6 is 0 Å². The Labute approximate surface area is 190 Å². The van der Waals surface area contributed by atoms with Crippen molar-refractivity contribution in [2.45, 2.75) is 58.7 Å². The first-order valence-electron chi connectivity index (χ1n) is 11.6. The van der Waals surface area contributed by atoms with Gasteiger partial charge in [-0.3, -0.25) is 19.2 Å². The average Bonchev–Trinajstić information content (AvgIpc) is 3.34. The summed E-state index contributed by atoms with van der Waals surface area (Å²) in [6.07, 6.45) is 3.90. The second-order valence-corrected chi connectivity index (χ2v) is 12.0. The number of hydrogen-bond acceptors (Lipinski definition) is 6. The summed E-state index contributed by atoms with van der Waals surface area (Å²) >= 11 is 0. The Balaban J connectivity index is 1.56. The van der Waals surface area contributed by atoms with Gasteiger partial charge in [0.2, 0.25) is 15.9 Å². The van der Waals surface area contributed by atoms with Crippen LogP contribution in [0.5, 0.6) is 0 Å². The van der Waals surface area contributed by atoms with Crippen LogP contribution in [0.2, 0.25) is 0 Å². The van der Waals surface area contributed by atoms with E-state index in [1.54, 1.807) is 9.58 Å². The van der Waals surface area contributed by atoms with E-state index in [-0.39, 0.29) is 11.8 Å². The van der Waals surface area contributed by atoms with Crippen LogP contribution < -0.4 is 0 Å². The van der Waals surface area contributed by atoms with Crippen LogP contribution in [-0.2, 0) is 28.4 Å². The first kappa shape index (κ1) is 23.2. The summed E-state index contributed by atoms with van der Waals surface area (Å²) in [5, 5.41) is 4.49. The second-order valence-electron chi connectivity index (χ2n) is 10.1. The van der Waals surface area contributed by atoms with E-state index in [9.17, 15) is 18.0 Å². The highest BCUT2D eigenvalue weighted by molar-refractivity contribution is 7.88. The molecule has 0 aromatic carbocycles. The molecule has 10 heteroatoms. The van der Waals surface area contributed by atoms with Gasteiger partial charge in [0.1, 0.15) is 0 Å². The topological polar surface area (TPSA) is 95.8 Å². The summed E-state index contributed by atoms with van der Waals surface area (Å²) < 4.78 is 27.5. The normalized spacial score (nSPS) is 27.6. The van der Waals surface area contributed by atoms with Gasteiger partial charge in [-0.2, -0.15) is 5.10 Å². The number of aryl methyl sites for hydroxylation is 1. The number of aromatic nitrogens is 2. The van der Waals surface area contributed by atoms with Gasteiger partial charge in [-0.1, -0.05) is 20.8 Å². The van der Waals surface area contributed by atoms with Gasteiger partial charge in [0.05, 0.1) is 30.0 Å². The first-order valence-corrected chi connectivity index (χ1v) is 13.4. The molecule has 3 aliphatic rings. The fraction of sp³-hybridized carbons (Fsp3) is 0.773. The number of nitrogens with zero attached hydrogens (tertiary/aromatic N) is 5. The van der Waals surface area contributed by atoms with Gasteiger partial charge in [-0.05, 0) is 50.3 Å². The van der Waals surface area contributed by atoms with E-state index >= 15 is 0 Å². The van der Waals surface area contributed by atoms with Crippen LogP contribution in [0.15, 0.2) is 6.07 Å². The summed E-state index contributed by atoms with van der Waals surface area (Å²) in [5.41, 5.74) is 1.35. The zero-order valence-corrected chi connectivity index (χ0v) is 20.5. The summed E-state index contributed by atoms with van der Waals surface area (Å²) in [7, 11) is -1.83. The third-order valence-corrected chi connectivity index (χ3v) is 8.55. The van der Waals surface area contributed by atoms with Crippen LogP contribution in [-0.4, -0.2) is 82.1 Å². The maximum Gasteiger partial charge on any atom is 0.274 e. The van der Waals surface area contributed by atoms with Gasteiger partial charge in [0.25, 0.3) is 5.91 Å². The molecule has 4 rings (SSSR count). The Morgan fingerprint density at radius 3 is 2.44 bits per heavy atom. The Kier molecular flexibility index (Phi) is 6.13. The minimum atomic E-state index is -3.69. The van der Waals surface area contributed by atoms with E-state index in [0.29, 0.717) is 18.7 Å². The molecule has 3 atom stereocenters. The molecule has 0 unspecified atom stereocenters. The lowest BCUT2D eigenvalue weighted by atomic mass is 9.88. The monoisotopic (exact) mass is 465 g/mol. The molecule has 32 heavy (non-hydrogen) atoms. The van der Waals surface area contributed by atoms with Gasteiger partial charge in [-0.15, -0.1) is 0 Å². The molecule has 178 valence electrons. The number of sulfonamides is 1. The first-order chi connectivity index (χ1) is 15.0. The smallest absolute Gasteiger partial charge is 0.274 e. The molecule has 0 N–H and O–H groups in total. The van der Waals surface area contributed by atoms with Crippen molar-refractivity contribution in [1.82, 2.24) is 23.9 Å². The number of carbonyl (C=O) groups is 2. The minimum Gasteiger partial charge on any atom is -0.331 e. The fourth-order valence-electron chi connectivity index (χ4n) is 5.63. The van der Waals surface area contributed by atoms with Crippen molar-refractivity contribution in [2.24, 2.45) is 24.8 Å². The number of carbonyl (C=O) groups excluding carboxylic acids is 2. The van der Waals surface area contributed by atoms with Crippen LogP contribution in [0.1, 0.15) is 56.2 Å². The molecule has 3 saturated heterocycles. The van der Waals surface area contributed by atoms with Gasteiger partial charge in [0.15, 0.2) is 5.69 Å². The third-order valence-electron chi connectivity index (χ3n) is 7.39. The highest BCUT2D eigenvalue weighted by Crippen LogP contribution is 2.41. The Morgan fingerprint density at radius 1 is 1.19 bits per heavy atom. The molecule has 0 aliphatic carbocycles. The van der Waals surface area contributed by atoms with E-state index in [2.05, 4.69) is 16.9 Å². The average molecular weight is 466 g/mol. The summed E-state index contributed by atoms with van der Waals surface area (Å²) in [6.45, 7) is 9.37. The predicted molar refractivity (Wildman–Crippen MR) is 120 cm³/mol. The SMILES string of the molecule is CC1CCN(Cc2cc(C(=O)N3CC[C@H]4[C@H]3[C@@H](C(C)C)C(=O)N4S(C)(=O)=O)nn2C)CC1. The van der Waals surface area contributed by atoms with Gasteiger partial charge in [0, 0.05) is 20.1 Å². The lowest BCUT2D eigenvalue weighted by molar-refractivity contribution is -0.129. The molecule has 9 nitrogen and oxygen atoms in total. The van der Waals surface area contributed by atoms with Crippen molar-refractivity contribution in [3.63, 3.8) is 0 Å². The van der Waals surface area contributed by atoms with E-state index in [4.69, 9.17) is 0 Å². The summed E-state index contributed by atoms with van der Waals surface area (Å²) in [5.74, 6) is -0.459. The molecule has 4 heterocycles. The molecule has 3 aliphatic heterocycles. The number of hydrogen-bond donors (Lipinski definition) is 0. The van der Waals surface area contributed by atoms with Crippen LogP contribution in [0.3, 0.4) is 0 Å². The molecular formula is C22H35N5O4S. The highest BCUT2D eigenvalue weighted by Gasteiger charge is 2.58. The van der Waals surface area contributed by atoms with Crippen LogP contribution in [0.4, 0.5) is 0 Å². The predicted octanol–water partition coefficient (Wildman–Crippen LogP) is 1.31. The van der Waals surface area contributed by atoms with Gasteiger partial charge in [-0.25, -0.2) is 12.7 Å². The molecule has 3 fully saturated rings. The zero-order valence-electron chi connectivity index (χ0n) is 19.7. The Bertz CT molecular complexity index is 996. The quantitative estimate of drug-likeness (QED) is 0.651. The van der Waals surface area contributed by atoms with E-state index in [1.807, 2.05) is 27.0 Å². The van der Waals surface area contributed by atoms with Gasteiger partial charge >= 0.3 is 0 Å². The lowest BCUT2D eigenvalue weighted by Crippen LogP contribution is -2.44.